The van der Waals surface area contributed by atoms with Crippen LogP contribution in [0.2, 0.25) is 0 Å². The molecule has 0 N–H and O–H groups in total. The molecule has 2 nitrogen and oxygen atoms in total. The molecule has 0 fully saturated rings. The molecule has 4 aromatic rings. The molecule has 2 heteroatoms. The summed E-state index contributed by atoms with van der Waals surface area (Å²) in [6, 6.07) is 31.9. The van der Waals surface area contributed by atoms with Crippen molar-refractivity contribution < 1.29 is 9.21 Å². The summed E-state index contributed by atoms with van der Waals surface area (Å²) >= 11 is 0. The van der Waals surface area contributed by atoms with Crippen molar-refractivity contribution >= 4 is 5.78 Å². The first-order valence-electron chi connectivity index (χ1n) is 8.91. The topological polar surface area (TPSA) is 28.4 Å². The SMILES string of the molecule is CC(=O)c1ccc(-c2cc(-c3ccccc3)[o+]c(-c3ccccc3)c2)cc1. The molecule has 0 amide bonds. The van der Waals surface area contributed by atoms with Gasteiger partial charge < -0.3 is 0 Å². The van der Waals surface area contributed by atoms with Crippen LogP contribution in [0.1, 0.15) is 17.3 Å². The summed E-state index contributed by atoms with van der Waals surface area (Å²) in [4.78, 5) is 11.6. The maximum absolute atomic E-state index is 11.6. The van der Waals surface area contributed by atoms with E-state index in [-0.39, 0.29) is 5.78 Å². The number of Topliss-reactive ketones (excluding diaryl/α,β-unsaturated/α-hetero) is 1. The highest BCUT2D eigenvalue weighted by atomic mass is 16.3. The van der Waals surface area contributed by atoms with E-state index in [1.54, 1.807) is 6.92 Å². The highest BCUT2D eigenvalue weighted by molar-refractivity contribution is 5.94. The molecule has 27 heavy (non-hydrogen) atoms. The smallest absolute Gasteiger partial charge is 0.295 e. The lowest BCUT2D eigenvalue weighted by Gasteiger charge is -2.03. The summed E-state index contributed by atoms with van der Waals surface area (Å²) < 4.78 is 6.22. The van der Waals surface area contributed by atoms with Crippen LogP contribution in [0.3, 0.4) is 0 Å². The number of benzene rings is 3. The van der Waals surface area contributed by atoms with E-state index in [1.807, 2.05) is 97.1 Å². The summed E-state index contributed by atoms with van der Waals surface area (Å²) in [5, 5.41) is 0. The summed E-state index contributed by atoms with van der Waals surface area (Å²) in [6.07, 6.45) is 0. The van der Waals surface area contributed by atoms with Crippen LogP contribution >= 0.6 is 0 Å². The van der Waals surface area contributed by atoms with Crippen molar-refractivity contribution in [3.63, 3.8) is 0 Å². The van der Waals surface area contributed by atoms with Gasteiger partial charge in [-0.2, -0.15) is 0 Å². The van der Waals surface area contributed by atoms with Gasteiger partial charge in [-0.3, -0.25) is 4.79 Å². The lowest BCUT2D eigenvalue weighted by Crippen LogP contribution is -1.91. The Kier molecular flexibility index (Phi) is 4.63. The zero-order chi connectivity index (χ0) is 18.6. The summed E-state index contributed by atoms with van der Waals surface area (Å²) in [6.45, 7) is 1.58. The fourth-order valence-electron chi connectivity index (χ4n) is 3.05. The van der Waals surface area contributed by atoms with Gasteiger partial charge in [0.15, 0.2) is 5.78 Å². The van der Waals surface area contributed by atoms with Gasteiger partial charge in [0.25, 0.3) is 0 Å². The minimum absolute atomic E-state index is 0.0690. The maximum Gasteiger partial charge on any atom is 0.361 e. The van der Waals surface area contributed by atoms with E-state index in [1.165, 1.54) is 0 Å². The molecule has 0 aliphatic carbocycles. The van der Waals surface area contributed by atoms with Gasteiger partial charge in [-0.1, -0.05) is 60.7 Å². The first-order valence-corrected chi connectivity index (χ1v) is 8.91. The Balaban J connectivity index is 1.86. The quantitative estimate of drug-likeness (QED) is 0.300. The highest BCUT2D eigenvalue weighted by Crippen LogP contribution is 2.32. The Morgan fingerprint density at radius 1 is 0.593 bits per heavy atom. The molecule has 0 aliphatic heterocycles. The second-order valence-corrected chi connectivity index (χ2v) is 6.44. The van der Waals surface area contributed by atoms with Crippen LogP contribution in [0, 0.1) is 0 Å². The van der Waals surface area contributed by atoms with Gasteiger partial charge in [-0.25, -0.2) is 4.42 Å². The zero-order valence-electron chi connectivity index (χ0n) is 15.1. The summed E-state index contributed by atoms with van der Waals surface area (Å²) in [5.74, 6) is 1.68. The van der Waals surface area contributed by atoms with Crippen LogP contribution < -0.4 is 0 Å². The lowest BCUT2D eigenvalue weighted by molar-refractivity contribution is 0.101. The molecular formula is C25H19O2+. The molecule has 0 unspecified atom stereocenters. The van der Waals surface area contributed by atoms with Gasteiger partial charge >= 0.3 is 11.5 Å². The van der Waals surface area contributed by atoms with Crippen molar-refractivity contribution in [3.8, 4) is 33.8 Å². The molecule has 130 valence electrons. The van der Waals surface area contributed by atoms with E-state index in [0.29, 0.717) is 5.56 Å². The van der Waals surface area contributed by atoms with Crippen LogP contribution in [0.4, 0.5) is 0 Å². The fraction of sp³-hybridized carbons (Fsp3) is 0.0400. The number of carbonyl (C=O) groups excluding carboxylic acids is 1. The van der Waals surface area contributed by atoms with Gasteiger partial charge in [0, 0.05) is 11.1 Å². The van der Waals surface area contributed by atoms with Crippen molar-refractivity contribution in [1.29, 1.82) is 0 Å². The Morgan fingerprint density at radius 2 is 1.07 bits per heavy atom. The summed E-state index contributed by atoms with van der Waals surface area (Å²) in [7, 11) is 0. The van der Waals surface area contributed by atoms with Crippen molar-refractivity contribution in [2.45, 2.75) is 6.92 Å². The lowest BCUT2D eigenvalue weighted by atomic mass is 10.00. The third-order valence-electron chi connectivity index (χ3n) is 4.53. The van der Waals surface area contributed by atoms with E-state index in [2.05, 4.69) is 0 Å². The average Bonchev–Trinajstić information content (AvgIpc) is 2.75. The van der Waals surface area contributed by atoms with Gasteiger partial charge in [0.1, 0.15) is 0 Å². The molecule has 0 spiro atoms. The number of ketones is 1. The molecule has 0 bridgehead atoms. The van der Waals surface area contributed by atoms with Gasteiger partial charge in [-0.05, 0) is 36.8 Å². The van der Waals surface area contributed by atoms with Crippen LogP contribution in [0.25, 0.3) is 33.8 Å². The molecule has 1 heterocycles. The van der Waals surface area contributed by atoms with Gasteiger partial charge in [0.05, 0.1) is 23.3 Å². The number of carbonyl (C=O) groups is 1. The molecule has 0 radical (unpaired) electrons. The van der Waals surface area contributed by atoms with Crippen molar-refractivity contribution in [1.82, 2.24) is 0 Å². The molecule has 0 saturated heterocycles. The largest absolute Gasteiger partial charge is 0.361 e. The Hall–Kier alpha value is -3.52. The van der Waals surface area contributed by atoms with E-state index in [9.17, 15) is 4.79 Å². The summed E-state index contributed by atoms with van der Waals surface area (Å²) in [5.41, 5.74) is 4.86. The number of rotatable bonds is 4. The number of hydrogen-bond donors (Lipinski definition) is 0. The van der Waals surface area contributed by atoms with E-state index < -0.39 is 0 Å². The van der Waals surface area contributed by atoms with Crippen molar-refractivity contribution in [2.24, 2.45) is 0 Å². The Morgan fingerprint density at radius 3 is 1.52 bits per heavy atom. The van der Waals surface area contributed by atoms with Gasteiger partial charge in [0.2, 0.25) is 0 Å². The third-order valence-corrected chi connectivity index (χ3v) is 4.53. The van der Waals surface area contributed by atoms with E-state index in [0.717, 1.165) is 33.8 Å². The predicted molar refractivity (Wildman–Crippen MR) is 109 cm³/mol. The van der Waals surface area contributed by atoms with Gasteiger partial charge in [-0.15, -0.1) is 0 Å². The van der Waals surface area contributed by atoms with E-state index in [4.69, 9.17) is 4.42 Å². The average molecular weight is 351 g/mol. The molecule has 3 aromatic carbocycles. The first-order chi connectivity index (χ1) is 13.2. The monoisotopic (exact) mass is 351 g/mol. The maximum atomic E-state index is 11.6. The minimum atomic E-state index is 0.0690. The van der Waals surface area contributed by atoms with Crippen LogP contribution in [0.5, 0.6) is 0 Å². The molecule has 0 atom stereocenters. The first kappa shape index (κ1) is 16.9. The standard InChI is InChI=1S/C25H19O2/c1-18(26)19-12-14-20(15-13-19)23-16-24(21-8-4-2-5-9-21)27-25(17-23)22-10-6-3-7-11-22/h2-17H,1H3/q+1. The second kappa shape index (κ2) is 7.38. The van der Waals surface area contributed by atoms with Crippen LogP contribution in [-0.4, -0.2) is 5.78 Å². The molecule has 1 aromatic heterocycles. The zero-order valence-corrected chi connectivity index (χ0v) is 15.1. The molecule has 0 saturated carbocycles. The molecule has 0 aliphatic rings. The second-order valence-electron chi connectivity index (χ2n) is 6.44. The van der Waals surface area contributed by atoms with Crippen LogP contribution in [-0.2, 0) is 0 Å². The van der Waals surface area contributed by atoms with Crippen molar-refractivity contribution in [2.75, 3.05) is 0 Å². The Bertz CT molecular complexity index is 1010. The molecule has 4 rings (SSSR count). The predicted octanol–water partition coefficient (Wildman–Crippen LogP) is 6.76. The normalized spacial score (nSPS) is 10.6. The van der Waals surface area contributed by atoms with E-state index >= 15 is 0 Å². The van der Waals surface area contributed by atoms with Crippen LogP contribution in [0.15, 0.2) is 101 Å². The highest BCUT2D eigenvalue weighted by Gasteiger charge is 2.20. The minimum Gasteiger partial charge on any atom is -0.295 e. The third kappa shape index (κ3) is 3.70. The van der Waals surface area contributed by atoms with Crippen molar-refractivity contribution in [3.05, 3.63) is 103 Å². The fourth-order valence-corrected chi connectivity index (χ4v) is 3.05. The molecular weight excluding hydrogens is 332 g/mol. The number of hydrogen-bond acceptors (Lipinski definition) is 1. The Labute approximate surface area is 158 Å².